The van der Waals surface area contributed by atoms with Gasteiger partial charge in [-0.25, -0.2) is 9.97 Å². The van der Waals surface area contributed by atoms with Crippen LogP contribution in [0.4, 0.5) is 5.82 Å². The SMILES string of the molecule is Nc1ncnc2c1ccn2C1CCC(Cn2ccc3ccncc32)C1. The van der Waals surface area contributed by atoms with Crippen molar-refractivity contribution in [1.29, 1.82) is 0 Å². The standard InChI is InChI=1S/C19H20N6/c20-18-16-5-8-25(19(16)23-12-22-18)15-2-1-13(9-15)11-24-7-4-14-3-6-21-10-17(14)24/h3-8,10,12-13,15H,1-2,9,11H2,(H2,20,22,23). The predicted octanol–water partition coefficient (Wildman–Crippen LogP) is 3.40. The molecule has 0 aliphatic heterocycles. The van der Waals surface area contributed by atoms with Crippen molar-refractivity contribution in [2.75, 3.05) is 5.73 Å². The fourth-order valence-corrected chi connectivity index (χ4v) is 4.22. The monoisotopic (exact) mass is 332 g/mol. The minimum absolute atomic E-state index is 0.483. The molecule has 1 saturated carbocycles. The van der Waals surface area contributed by atoms with Crippen LogP contribution < -0.4 is 5.73 Å². The van der Waals surface area contributed by atoms with Crippen molar-refractivity contribution in [1.82, 2.24) is 24.1 Å². The highest BCUT2D eigenvalue weighted by Crippen LogP contribution is 2.38. The topological polar surface area (TPSA) is 74.5 Å². The van der Waals surface area contributed by atoms with Gasteiger partial charge in [0.1, 0.15) is 17.8 Å². The molecular formula is C19H20N6. The van der Waals surface area contributed by atoms with E-state index in [-0.39, 0.29) is 0 Å². The molecule has 4 aromatic rings. The predicted molar refractivity (Wildman–Crippen MR) is 98.1 cm³/mol. The van der Waals surface area contributed by atoms with E-state index in [1.807, 2.05) is 18.5 Å². The van der Waals surface area contributed by atoms with E-state index in [0.29, 0.717) is 17.8 Å². The van der Waals surface area contributed by atoms with Crippen molar-refractivity contribution in [3.8, 4) is 0 Å². The van der Waals surface area contributed by atoms with Gasteiger partial charge < -0.3 is 14.9 Å². The zero-order valence-corrected chi connectivity index (χ0v) is 13.9. The van der Waals surface area contributed by atoms with E-state index < -0.39 is 0 Å². The molecule has 1 fully saturated rings. The number of nitrogens with two attached hydrogens (primary N) is 1. The van der Waals surface area contributed by atoms with Crippen LogP contribution in [0.25, 0.3) is 21.9 Å². The van der Waals surface area contributed by atoms with E-state index in [2.05, 4.69) is 48.6 Å². The largest absolute Gasteiger partial charge is 0.383 e. The molecule has 2 atom stereocenters. The van der Waals surface area contributed by atoms with Gasteiger partial charge in [0.2, 0.25) is 0 Å². The lowest BCUT2D eigenvalue weighted by Gasteiger charge is -2.15. The lowest BCUT2D eigenvalue weighted by Crippen LogP contribution is -2.09. The molecule has 0 saturated heterocycles. The first-order valence-corrected chi connectivity index (χ1v) is 8.75. The van der Waals surface area contributed by atoms with Crippen LogP contribution in [-0.4, -0.2) is 24.1 Å². The third-order valence-corrected chi connectivity index (χ3v) is 5.48. The molecule has 0 radical (unpaired) electrons. The Hall–Kier alpha value is -2.89. The quantitative estimate of drug-likeness (QED) is 0.624. The van der Waals surface area contributed by atoms with Crippen LogP contribution >= 0.6 is 0 Å². The van der Waals surface area contributed by atoms with Crippen LogP contribution in [-0.2, 0) is 6.54 Å². The molecule has 4 aromatic heterocycles. The maximum Gasteiger partial charge on any atom is 0.145 e. The van der Waals surface area contributed by atoms with E-state index in [1.165, 1.54) is 23.7 Å². The van der Waals surface area contributed by atoms with E-state index in [1.54, 1.807) is 6.33 Å². The summed E-state index contributed by atoms with van der Waals surface area (Å²) in [5.41, 5.74) is 8.14. The van der Waals surface area contributed by atoms with Gasteiger partial charge >= 0.3 is 0 Å². The van der Waals surface area contributed by atoms with Gasteiger partial charge in [0.25, 0.3) is 0 Å². The molecule has 126 valence electrons. The normalized spacial score (nSPS) is 20.6. The third kappa shape index (κ3) is 2.36. The lowest BCUT2D eigenvalue weighted by molar-refractivity contribution is 0.436. The number of nitrogens with zero attached hydrogens (tertiary/aromatic N) is 5. The van der Waals surface area contributed by atoms with Crippen LogP contribution in [0.15, 0.2) is 49.3 Å². The molecule has 25 heavy (non-hydrogen) atoms. The molecule has 4 heterocycles. The van der Waals surface area contributed by atoms with Gasteiger partial charge in [0.15, 0.2) is 0 Å². The summed E-state index contributed by atoms with van der Waals surface area (Å²) < 4.78 is 4.62. The number of nitrogen functional groups attached to an aromatic ring is 1. The summed E-state index contributed by atoms with van der Waals surface area (Å²) in [5, 5.41) is 2.21. The second-order valence-electron chi connectivity index (χ2n) is 6.95. The lowest BCUT2D eigenvalue weighted by atomic mass is 10.1. The van der Waals surface area contributed by atoms with Gasteiger partial charge in [-0.05, 0) is 43.4 Å². The van der Waals surface area contributed by atoms with Crippen LogP contribution in [0, 0.1) is 5.92 Å². The van der Waals surface area contributed by atoms with Crippen molar-refractivity contribution >= 4 is 27.8 Å². The van der Waals surface area contributed by atoms with Crippen LogP contribution in [0.3, 0.4) is 0 Å². The summed E-state index contributed by atoms with van der Waals surface area (Å²) in [7, 11) is 0. The smallest absolute Gasteiger partial charge is 0.145 e. The van der Waals surface area contributed by atoms with Gasteiger partial charge in [-0.3, -0.25) is 4.98 Å². The average molecular weight is 332 g/mol. The number of pyridine rings is 1. The maximum atomic E-state index is 5.96. The Bertz CT molecular complexity index is 1050. The van der Waals surface area contributed by atoms with Crippen molar-refractivity contribution in [3.05, 3.63) is 49.3 Å². The Morgan fingerprint density at radius 3 is 3.04 bits per heavy atom. The fourth-order valence-electron chi connectivity index (χ4n) is 4.22. The Morgan fingerprint density at radius 1 is 1.12 bits per heavy atom. The van der Waals surface area contributed by atoms with Gasteiger partial charge in [-0.1, -0.05) is 0 Å². The number of fused-ring (bicyclic) bond motifs is 2. The van der Waals surface area contributed by atoms with Crippen LogP contribution in [0.2, 0.25) is 0 Å². The highest BCUT2D eigenvalue weighted by atomic mass is 15.1. The van der Waals surface area contributed by atoms with Gasteiger partial charge in [-0.15, -0.1) is 0 Å². The van der Waals surface area contributed by atoms with Gasteiger partial charge in [0.05, 0.1) is 17.1 Å². The van der Waals surface area contributed by atoms with Crippen LogP contribution in [0.5, 0.6) is 0 Å². The van der Waals surface area contributed by atoms with E-state index in [0.717, 1.165) is 24.0 Å². The number of hydrogen-bond acceptors (Lipinski definition) is 4. The molecule has 1 aliphatic carbocycles. The first kappa shape index (κ1) is 14.5. The minimum atomic E-state index is 0.483. The number of rotatable bonds is 3. The molecule has 0 amide bonds. The first-order valence-electron chi connectivity index (χ1n) is 8.75. The molecule has 0 spiro atoms. The molecule has 0 aromatic carbocycles. The molecule has 5 rings (SSSR count). The molecule has 6 nitrogen and oxygen atoms in total. The summed E-state index contributed by atoms with van der Waals surface area (Å²) in [6.07, 6.45) is 13.2. The highest BCUT2D eigenvalue weighted by molar-refractivity contribution is 5.86. The molecule has 2 N–H and O–H groups in total. The summed E-state index contributed by atoms with van der Waals surface area (Å²) in [4.78, 5) is 12.8. The Kier molecular flexibility index (Phi) is 3.23. The first-order chi connectivity index (χ1) is 12.3. The molecule has 1 aliphatic rings. The van der Waals surface area contributed by atoms with E-state index >= 15 is 0 Å². The minimum Gasteiger partial charge on any atom is -0.383 e. The van der Waals surface area contributed by atoms with Gasteiger partial charge in [-0.2, -0.15) is 0 Å². The Morgan fingerprint density at radius 2 is 2.08 bits per heavy atom. The second-order valence-corrected chi connectivity index (χ2v) is 6.95. The van der Waals surface area contributed by atoms with Gasteiger partial charge in [0, 0.05) is 36.6 Å². The molecule has 6 heteroatoms. The van der Waals surface area contributed by atoms with Crippen molar-refractivity contribution < 1.29 is 0 Å². The zero-order chi connectivity index (χ0) is 16.8. The average Bonchev–Trinajstić information content (AvgIpc) is 3.34. The maximum absolute atomic E-state index is 5.96. The van der Waals surface area contributed by atoms with E-state index in [9.17, 15) is 0 Å². The Labute approximate surface area is 145 Å². The number of anilines is 1. The molecule has 2 unspecified atom stereocenters. The number of hydrogen-bond donors (Lipinski definition) is 1. The summed E-state index contributed by atoms with van der Waals surface area (Å²) >= 11 is 0. The zero-order valence-electron chi connectivity index (χ0n) is 13.9. The summed E-state index contributed by atoms with van der Waals surface area (Å²) in [5.74, 6) is 1.22. The Balaban J connectivity index is 1.38. The second kappa shape index (κ2) is 5.58. The summed E-state index contributed by atoms with van der Waals surface area (Å²) in [6, 6.07) is 6.75. The summed E-state index contributed by atoms with van der Waals surface area (Å²) in [6.45, 7) is 1.04. The van der Waals surface area contributed by atoms with Crippen molar-refractivity contribution in [2.45, 2.75) is 31.8 Å². The van der Waals surface area contributed by atoms with E-state index in [4.69, 9.17) is 5.73 Å². The number of aromatic nitrogens is 5. The van der Waals surface area contributed by atoms with Crippen LogP contribution in [0.1, 0.15) is 25.3 Å². The van der Waals surface area contributed by atoms with Crippen molar-refractivity contribution in [2.24, 2.45) is 5.92 Å². The third-order valence-electron chi connectivity index (χ3n) is 5.48. The molecular weight excluding hydrogens is 312 g/mol. The fraction of sp³-hybridized carbons (Fsp3) is 0.316. The van der Waals surface area contributed by atoms with Crippen molar-refractivity contribution in [3.63, 3.8) is 0 Å². The highest BCUT2D eigenvalue weighted by Gasteiger charge is 2.27. The molecule has 0 bridgehead atoms.